The molecule has 5 nitrogen and oxygen atoms in total. The van der Waals surface area contributed by atoms with Crippen LogP contribution in [0.3, 0.4) is 0 Å². The monoisotopic (exact) mass is 412 g/mol. The molecule has 1 fully saturated rings. The second-order valence-electron chi connectivity index (χ2n) is 7.78. The van der Waals surface area contributed by atoms with Gasteiger partial charge in [0.05, 0.1) is 10.6 Å². The molecule has 1 saturated heterocycles. The third-order valence-corrected chi connectivity index (χ3v) is 7.75. The maximum Gasteiger partial charge on any atom is 0.267 e. The van der Waals surface area contributed by atoms with E-state index in [1.54, 1.807) is 9.80 Å². The summed E-state index contributed by atoms with van der Waals surface area (Å²) < 4.78 is 40.5. The molecular weight excluding hydrogens is 391 g/mol. The van der Waals surface area contributed by atoms with Crippen molar-refractivity contribution in [1.82, 2.24) is 4.90 Å². The summed E-state index contributed by atoms with van der Waals surface area (Å²) in [4.78, 5) is 16.0. The van der Waals surface area contributed by atoms with E-state index in [4.69, 9.17) is 0 Å². The molecule has 0 radical (unpaired) electrons. The van der Waals surface area contributed by atoms with Crippen molar-refractivity contribution in [2.24, 2.45) is 0 Å². The predicted molar refractivity (Wildman–Crippen MR) is 108 cm³/mol. The molecule has 7 heteroatoms. The smallest absolute Gasteiger partial charge is 0.267 e. The molecule has 0 aromatic heterocycles. The molecule has 0 bridgehead atoms. The summed E-state index contributed by atoms with van der Waals surface area (Å²) in [7, 11) is -4.03. The fourth-order valence-electron chi connectivity index (χ4n) is 4.45. The maximum atomic E-state index is 14.0. The summed E-state index contributed by atoms with van der Waals surface area (Å²) in [5, 5.41) is 0. The first-order chi connectivity index (χ1) is 13.9. The van der Waals surface area contributed by atoms with E-state index in [9.17, 15) is 17.6 Å². The fraction of sp³-hybridized carbons (Fsp3) is 0.318. The average molecular weight is 412 g/mol. The van der Waals surface area contributed by atoms with Crippen LogP contribution in [0.5, 0.6) is 0 Å². The lowest BCUT2D eigenvalue weighted by molar-refractivity contribution is -0.125. The van der Waals surface area contributed by atoms with E-state index >= 15 is 0 Å². The Bertz CT molecular complexity index is 1150. The molecule has 0 unspecified atom stereocenters. The summed E-state index contributed by atoms with van der Waals surface area (Å²) in [6, 6.07) is 9.56. The number of rotatable bonds is 2. The Morgan fingerprint density at radius 3 is 2.48 bits per heavy atom. The number of hydrogen-bond acceptors (Lipinski definition) is 4. The van der Waals surface area contributed by atoms with E-state index in [0.717, 1.165) is 43.9 Å². The van der Waals surface area contributed by atoms with Crippen LogP contribution in [0.4, 0.5) is 15.8 Å². The van der Waals surface area contributed by atoms with Crippen LogP contribution in [0.15, 0.2) is 52.4 Å². The van der Waals surface area contributed by atoms with E-state index in [2.05, 4.69) is 0 Å². The van der Waals surface area contributed by atoms with Gasteiger partial charge in [-0.05, 0) is 73.6 Å². The zero-order valence-corrected chi connectivity index (χ0v) is 16.7. The molecule has 2 aliphatic heterocycles. The largest absolute Gasteiger partial charge is 0.338 e. The van der Waals surface area contributed by atoms with Crippen molar-refractivity contribution >= 4 is 27.1 Å². The Kier molecular flexibility index (Phi) is 4.24. The molecule has 2 aromatic rings. The third-order valence-electron chi connectivity index (χ3n) is 5.97. The number of likely N-dealkylation sites (tertiary alicyclic amines) is 1. The summed E-state index contributed by atoms with van der Waals surface area (Å²) in [5.41, 5.74) is 3.48. The Morgan fingerprint density at radius 1 is 0.931 bits per heavy atom. The molecule has 0 spiro atoms. The standard InChI is InChI=1S/C22H21FN2O3S/c23-17-7-9-20-19(13-17)25(18-8-6-15-4-3-5-16(15)12-18)14-21(29(20,27)28)22(26)24-10-1-2-11-24/h6-9,12-14H,1-5,10-11H2. The van der Waals surface area contributed by atoms with Gasteiger partial charge in [0.15, 0.2) is 4.91 Å². The number of amides is 1. The van der Waals surface area contributed by atoms with Crippen molar-refractivity contribution in [1.29, 1.82) is 0 Å². The van der Waals surface area contributed by atoms with Crippen molar-refractivity contribution < 1.29 is 17.6 Å². The number of benzene rings is 2. The van der Waals surface area contributed by atoms with E-state index in [0.29, 0.717) is 13.1 Å². The number of hydrogen-bond donors (Lipinski definition) is 0. The number of carbonyl (C=O) groups is 1. The third kappa shape index (κ3) is 2.95. The van der Waals surface area contributed by atoms with Crippen molar-refractivity contribution in [3.05, 3.63) is 64.4 Å². The molecule has 150 valence electrons. The molecule has 1 amide bonds. The summed E-state index contributed by atoms with van der Waals surface area (Å²) >= 11 is 0. The highest BCUT2D eigenvalue weighted by Gasteiger charge is 2.38. The Labute approximate surface area is 169 Å². The van der Waals surface area contributed by atoms with Gasteiger partial charge in [0.2, 0.25) is 9.84 Å². The van der Waals surface area contributed by atoms with E-state index in [1.165, 1.54) is 29.5 Å². The van der Waals surface area contributed by atoms with Crippen LogP contribution in [0.2, 0.25) is 0 Å². The fourth-order valence-corrected chi connectivity index (χ4v) is 5.97. The van der Waals surface area contributed by atoms with Gasteiger partial charge in [-0.3, -0.25) is 4.79 Å². The number of aryl methyl sites for hydroxylation is 2. The molecule has 5 rings (SSSR count). The van der Waals surface area contributed by atoms with Crippen molar-refractivity contribution in [3.8, 4) is 0 Å². The topological polar surface area (TPSA) is 57.7 Å². The summed E-state index contributed by atoms with van der Waals surface area (Å²) in [6.07, 6.45) is 6.20. The molecule has 0 N–H and O–H groups in total. The molecule has 0 saturated carbocycles. The van der Waals surface area contributed by atoms with Crippen molar-refractivity contribution in [2.75, 3.05) is 18.0 Å². The number of anilines is 2. The van der Waals surface area contributed by atoms with Gasteiger partial charge in [-0.25, -0.2) is 12.8 Å². The van der Waals surface area contributed by atoms with Gasteiger partial charge in [0.1, 0.15) is 5.82 Å². The Hall–Kier alpha value is -2.67. The highest BCUT2D eigenvalue weighted by atomic mass is 32.2. The first-order valence-electron chi connectivity index (χ1n) is 9.92. The highest BCUT2D eigenvalue weighted by molar-refractivity contribution is 7.96. The molecule has 2 aromatic carbocycles. The first kappa shape index (κ1) is 18.4. The molecule has 1 aliphatic carbocycles. The molecule has 3 aliphatic rings. The van der Waals surface area contributed by atoms with E-state index in [1.807, 2.05) is 18.2 Å². The van der Waals surface area contributed by atoms with Crippen LogP contribution in [0, 0.1) is 5.82 Å². The second-order valence-corrected chi connectivity index (χ2v) is 9.67. The zero-order valence-electron chi connectivity index (χ0n) is 15.9. The van der Waals surface area contributed by atoms with E-state index in [-0.39, 0.29) is 15.5 Å². The molecule has 0 atom stereocenters. The zero-order chi connectivity index (χ0) is 20.2. The number of fused-ring (bicyclic) bond motifs is 2. The average Bonchev–Trinajstić information content (AvgIpc) is 3.38. The minimum absolute atomic E-state index is 0.0376. The van der Waals surface area contributed by atoms with Gasteiger partial charge in [-0.15, -0.1) is 0 Å². The minimum Gasteiger partial charge on any atom is -0.338 e. The number of carbonyl (C=O) groups excluding carboxylic acids is 1. The number of halogens is 1. The lowest BCUT2D eigenvalue weighted by atomic mass is 10.1. The van der Waals surface area contributed by atoms with Gasteiger partial charge in [0, 0.05) is 25.0 Å². The Balaban J connectivity index is 1.68. The normalized spacial score (nSPS) is 19.7. The van der Waals surface area contributed by atoms with E-state index < -0.39 is 21.6 Å². The lowest BCUT2D eigenvalue weighted by Crippen LogP contribution is -2.35. The predicted octanol–water partition coefficient (Wildman–Crippen LogP) is 3.70. The summed E-state index contributed by atoms with van der Waals surface area (Å²) in [6.45, 7) is 1.11. The number of sulfone groups is 1. The van der Waals surface area contributed by atoms with Crippen LogP contribution in [-0.2, 0) is 27.5 Å². The van der Waals surface area contributed by atoms with Gasteiger partial charge in [-0.2, -0.15) is 0 Å². The van der Waals surface area contributed by atoms with Crippen LogP contribution < -0.4 is 4.90 Å². The van der Waals surface area contributed by atoms with Crippen molar-refractivity contribution in [3.63, 3.8) is 0 Å². The molecular formula is C22H21FN2O3S. The quantitative estimate of drug-likeness (QED) is 0.706. The number of nitrogens with zero attached hydrogens (tertiary/aromatic N) is 2. The van der Waals surface area contributed by atoms with Gasteiger partial charge in [0.25, 0.3) is 5.91 Å². The first-order valence-corrected chi connectivity index (χ1v) is 11.4. The highest BCUT2D eigenvalue weighted by Crippen LogP contribution is 2.41. The minimum atomic E-state index is -4.03. The molecule has 29 heavy (non-hydrogen) atoms. The van der Waals surface area contributed by atoms with Gasteiger partial charge in [-0.1, -0.05) is 6.07 Å². The van der Waals surface area contributed by atoms with Crippen LogP contribution in [0.25, 0.3) is 0 Å². The van der Waals surface area contributed by atoms with Gasteiger partial charge >= 0.3 is 0 Å². The summed E-state index contributed by atoms with van der Waals surface area (Å²) in [5.74, 6) is -1.00. The molecule has 2 heterocycles. The lowest BCUT2D eigenvalue weighted by Gasteiger charge is -2.30. The van der Waals surface area contributed by atoms with Crippen LogP contribution in [0.1, 0.15) is 30.4 Å². The maximum absolute atomic E-state index is 14.0. The SMILES string of the molecule is O=C(C1=CN(c2ccc3c(c2)CCC3)c2cc(F)ccc2S1(=O)=O)N1CCCC1. The van der Waals surface area contributed by atoms with Crippen LogP contribution >= 0.6 is 0 Å². The Morgan fingerprint density at radius 2 is 1.69 bits per heavy atom. The van der Waals surface area contributed by atoms with Gasteiger partial charge < -0.3 is 9.80 Å². The van der Waals surface area contributed by atoms with Crippen molar-refractivity contribution in [2.45, 2.75) is 37.0 Å². The van der Waals surface area contributed by atoms with Crippen LogP contribution in [-0.4, -0.2) is 32.3 Å². The second kappa shape index (κ2) is 6.69.